The number of amides is 1. The van der Waals surface area contributed by atoms with Gasteiger partial charge >= 0.3 is 0 Å². The van der Waals surface area contributed by atoms with Crippen molar-refractivity contribution >= 4 is 59.9 Å². The van der Waals surface area contributed by atoms with Gasteiger partial charge in [0.05, 0.1) is 5.69 Å². The molecule has 96 valence electrons. The van der Waals surface area contributed by atoms with Gasteiger partial charge < -0.3 is 5.32 Å². The molecule has 0 unspecified atom stereocenters. The largest absolute Gasteiger partial charge is 0.327 e. The third kappa shape index (κ3) is 2.18. The lowest BCUT2D eigenvalue weighted by atomic mass is 10.1. The maximum atomic E-state index is 10.7. The number of anilines is 1. The van der Waals surface area contributed by atoms with Crippen LogP contribution < -0.4 is 5.32 Å². The fraction of sp³-hybridized carbons (Fsp3) is 0.0714. The Labute approximate surface area is 136 Å². The van der Waals surface area contributed by atoms with Crippen molar-refractivity contribution < 1.29 is 4.79 Å². The van der Waals surface area contributed by atoms with E-state index in [1.54, 1.807) is 0 Å². The van der Waals surface area contributed by atoms with Crippen LogP contribution in [0.1, 0.15) is 11.1 Å². The van der Waals surface area contributed by atoms with Crippen LogP contribution in [0.15, 0.2) is 37.7 Å². The van der Waals surface area contributed by atoms with Crippen LogP contribution in [0.3, 0.4) is 0 Å². The Kier molecular flexibility index (Phi) is 3.53. The van der Waals surface area contributed by atoms with Crippen LogP contribution in [0, 0.1) is 0 Å². The van der Waals surface area contributed by atoms with E-state index in [4.69, 9.17) is 0 Å². The second-order valence-corrected chi connectivity index (χ2v) is 6.88. The van der Waals surface area contributed by atoms with Gasteiger partial charge in [0.1, 0.15) is 0 Å². The smallest absolute Gasteiger partial charge is 0.211 e. The minimum Gasteiger partial charge on any atom is -0.327 e. The first-order valence-corrected chi connectivity index (χ1v) is 7.99. The standard InChI is InChI=1S/C14H8Br3NO/c15-8-1-2-9-7(3-8)4-11-10(9)5-12(16)14(13(11)17)18-6-19/h1-3,5-6H,4H2,(H,18,19). The average molecular weight is 446 g/mol. The number of carbonyl (C=O) groups excluding carboxylic acids is 1. The highest BCUT2D eigenvalue weighted by Crippen LogP contribution is 2.46. The number of fused-ring (bicyclic) bond motifs is 3. The van der Waals surface area contributed by atoms with Gasteiger partial charge in [-0.3, -0.25) is 4.79 Å². The molecule has 0 saturated carbocycles. The second-order valence-electron chi connectivity index (χ2n) is 4.31. The molecular weight excluding hydrogens is 438 g/mol. The van der Waals surface area contributed by atoms with Gasteiger partial charge in [-0.05, 0) is 78.7 Å². The van der Waals surface area contributed by atoms with Crippen molar-refractivity contribution in [3.05, 3.63) is 48.8 Å². The highest BCUT2D eigenvalue weighted by atomic mass is 79.9. The number of carbonyl (C=O) groups is 1. The molecule has 5 heteroatoms. The second kappa shape index (κ2) is 5.04. The van der Waals surface area contributed by atoms with Gasteiger partial charge in [-0.2, -0.15) is 0 Å². The Balaban J connectivity index is 2.22. The topological polar surface area (TPSA) is 29.1 Å². The lowest BCUT2D eigenvalue weighted by Gasteiger charge is -2.11. The predicted octanol–water partition coefficient (Wildman–Crippen LogP) is 5.11. The summed E-state index contributed by atoms with van der Waals surface area (Å²) >= 11 is 10.6. The Morgan fingerprint density at radius 3 is 2.63 bits per heavy atom. The zero-order valence-corrected chi connectivity index (χ0v) is 14.4. The maximum Gasteiger partial charge on any atom is 0.211 e. The minimum absolute atomic E-state index is 0.690. The summed E-state index contributed by atoms with van der Waals surface area (Å²) < 4.78 is 2.90. The van der Waals surface area contributed by atoms with Gasteiger partial charge in [0.2, 0.25) is 6.41 Å². The van der Waals surface area contributed by atoms with Gasteiger partial charge in [0.15, 0.2) is 0 Å². The normalized spacial score (nSPS) is 11.9. The van der Waals surface area contributed by atoms with E-state index < -0.39 is 0 Å². The molecular formula is C14H8Br3NO. The monoisotopic (exact) mass is 443 g/mol. The molecule has 2 aromatic carbocycles. The van der Waals surface area contributed by atoms with Crippen LogP contribution in [0.4, 0.5) is 5.69 Å². The third-order valence-corrected chi connectivity index (χ3v) is 5.24. The summed E-state index contributed by atoms with van der Waals surface area (Å²) in [5.74, 6) is 0. The molecule has 1 amide bonds. The number of nitrogens with one attached hydrogen (secondary N) is 1. The van der Waals surface area contributed by atoms with Gasteiger partial charge in [0.25, 0.3) is 0 Å². The molecule has 0 bridgehead atoms. The molecule has 1 aliphatic carbocycles. The Hall–Kier alpha value is -0.650. The predicted molar refractivity (Wildman–Crippen MR) is 87.5 cm³/mol. The van der Waals surface area contributed by atoms with E-state index in [0.29, 0.717) is 6.41 Å². The fourth-order valence-electron chi connectivity index (χ4n) is 2.43. The van der Waals surface area contributed by atoms with Crippen LogP contribution in [-0.2, 0) is 11.2 Å². The molecule has 0 spiro atoms. The first-order valence-electron chi connectivity index (χ1n) is 5.61. The SMILES string of the molecule is O=CNc1c(Br)cc2c(c1Br)Cc1cc(Br)ccc1-2. The lowest BCUT2D eigenvalue weighted by Crippen LogP contribution is -1.98. The Bertz CT molecular complexity index is 698. The molecule has 0 saturated heterocycles. The van der Waals surface area contributed by atoms with E-state index in [2.05, 4.69) is 71.3 Å². The van der Waals surface area contributed by atoms with Crippen molar-refractivity contribution in [1.82, 2.24) is 0 Å². The van der Waals surface area contributed by atoms with Crippen LogP contribution in [0.2, 0.25) is 0 Å². The Morgan fingerprint density at radius 2 is 1.89 bits per heavy atom. The summed E-state index contributed by atoms with van der Waals surface area (Å²) in [4.78, 5) is 10.7. The van der Waals surface area contributed by atoms with Gasteiger partial charge in [-0.1, -0.05) is 22.0 Å². The third-order valence-electron chi connectivity index (χ3n) is 3.25. The molecule has 19 heavy (non-hydrogen) atoms. The number of halogens is 3. The first-order chi connectivity index (χ1) is 9.11. The van der Waals surface area contributed by atoms with E-state index in [1.807, 2.05) is 6.07 Å². The molecule has 0 heterocycles. The maximum absolute atomic E-state index is 10.7. The van der Waals surface area contributed by atoms with Crippen molar-refractivity contribution in [1.29, 1.82) is 0 Å². The van der Waals surface area contributed by atoms with Gasteiger partial charge in [-0.15, -0.1) is 0 Å². The van der Waals surface area contributed by atoms with Crippen molar-refractivity contribution in [2.24, 2.45) is 0 Å². The van der Waals surface area contributed by atoms with Gasteiger partial charge in [0, 0.05) is 13.4 Å². The van der Waals surface area contributed by atoms with Crippen molar-refractivity contribution in [3.63, 3.8) is 0 Å². The van der Waals surface area contributed by atoms with Crippen LogP contribution in [0.5, 0.6) is 0 Å². The minimum atomic E-state index is 0.690. The van der Waals surface area contributed by atoms with E-state index in [-0.39, 0.29) is 0 Å². The number of benzene rings is 2. The fourth-order valence-corrected chi connectivity index (χ4v) is 4.32. The van der Waals surface area contributed by atoms with Crippen molar-refractivity contribution in [3.8, 4) is 11.1 Å². The average Bonchev–Trinajstić information content (AvgIpc) is 2.72. The van der Waals surface area contributed by atoms with Gasteiger partial charge in [-0.25, -0.2) is 0 Å². The molecule has 0 aromatic heterocycles. The first kappa shape index (κ1) is 13.3. The molecule has 1 N–H and O–H groups in total. The quantitative estimate of drug-likeness (QED) is 0.545. The zero-order chi connectivity index (χ0) is 13.6. The van der Waals surface area contributed by atoms with E-state index >= 15 is 0 Å². The number of hydrogen-bond acceptors (Lipinski definition) is 1. The Morgan fingerprint density at radius 1 is 1.11 bits per heavy atom. The number of rotatable bonds is 2. The molecule has 0 fully saturated rings. The summed E-state index contributed by atoms with van der Waals surface area (Å²) in [5, 5.41) is 2.73. The molecule has 2 nitrogen and oxygen atoms in total. The van der Waals surface area contributed by atoms with Crippen LogP contribution in [-0.4, -0.2) is 6.41 Å². The molecule has 2 aromatic rings. The molecule has 0 atom stereocenters. The molecule has 3 rings (SSSR count). The summed E-state index contributed by atoms with van der Waals surface area (Å²) in [6.07, 6.45) is 1.56. The van der Waals surface area contributed by atoms with Crippen LogP contribution >= 0.6 is 47.8 Å². The highest BCUT2D eigenvalue weighted by molar-refractivity contribution is 9.11. The summed E-state index contributed by atoms with van der Waals surface area (Å²) in [6, 6.07) is 8.37. The highest BCUT2D eigenvalue weighted by Gasteiger charge is 2.24. The van der Waals surface area contributed by atoms with Crippen LogP contribution in [0.25, 0.3) is 11.1 Å². The molecule has 0 radical (unpaired) electrons. The van der Waals surface area contributed by atoms with E-state index in [9.17, 15) is 4.79 Å². The summed E-state index contributed by atoms with van der Waals surface area (Å²) in [6.45, 7) is 0. The van der Waals surface area contributed by atoms with Crippen molar-refractivity contribution in [2.75, 3.05) is 5.32 Å². The summed E-state index contributed by atoms with van der Waals surface area (Å²) in [5.41, 5.74) is 5.73. The molecule has 1 aliphatic rings. The summed E-state index contributed by atoms with van der Waals surface area (Å²) in [7, 11) is 0. The van der Waals surface area contributed by atoms with Crippen molar-refractivity contribution in [2.45, 2.75) is 6.42 Å². The zero-order valence-electron chi connectivity index (χ0n) is 9.64. The molecule has 0 aliphatic heterocycles. The number of hydrogen-bond donors (Lipinski definition) is 1. The van der Waals surface area contributed by atoms with E-state index in [1.165, 1.54) is 22.3 Å². The van der Waals surface area contributed by atoms with E-state index in [0.717, 1.165) is 25.5 Å². The lowest BCUT2D eigenvalue weighted by molar-refractivity contribution is -0.105.